The molecule has 0 aliphatic heterocycles. The average Bonchev–Trinajstić information content (AvgIpc) is 2.07. The zero-order chi connectivity index (χ0) is 10.4. The SMILES string of the molecule is CNC(COCCC1CCC1)C(=O)O. The molecule has 1 atom stereocenters. The number of hydrogen-bond acceptors (Lipinski definition) is 3. The Kier molecular flexibility index (Phi) is 4.90. The van der Waals surface area contributed by atoms with Crippen LogP contribution in [0.3, 0.4) is 0 Å². The first-order valence-corrected chi connectivity index (χ1v) is 5.22. The monoisotopic (exact) mass is 201 g/mol. The second-order valence-electron chi connectivity index (χ2n) is 3.84. The number of likely N-dealkylation sites (N-methyl/N-ethyl adjacent to an activating group) is 1. The van der Waals surface area contributed by atoms with Crippen LogP contribution in [0.5, 0.6) is 0 Å². The minimum Gasteiger partial charge on any atom is -0.480 e. The summed E-state index contributed by atoms with van der Waals surface area (Å²) < 4.78 is 5.31. The molecule has 1 aliphatic rings. The van der Waals surface area contributed by atoms with Gasteiger partial charge in [-0.15, -0.1) is 0 Å². The fourth-order valence-corrected chi connectivity index (χ4v) is 1.51. The van der Waals surface area contributed by atoms with Gasteiger partial charge >= 0.3 is 5.97 Å². The molecule has 4 nitrogen and oxygen atoms in total. The molecule has 2 N–H and O–H groups in total. The van der Waals surface area contributed by atoms with Crippen molar-refractivity contribution >= 4 is 5.97 Å². The van der Waals surface area contributed by atoms with Gasteiger partial charge in [0.2, 0.25) is 0 Å². The van der Waals surface area contributed by atoms with Gasteiger partial charge in [0.05, 0.1) is 6.61 Å². The first-order valence-electron chi connectivity index (χ1n) is 5.22. The van der Waals surface area contributed by atoms with E-state index in [-0.39, 0.29) is 6.61 Å². The molecular weight excluding hydrogens is 182 g/mol. The number of aliphatic carboxylic acids is 1. The van der Waals surface area contributed by atoms with E-state index in [0.717, 1.165) is 12.3 Å². The number of hydrogen-bond donors (Lipinski definition) is 2. The van der Waals surface area contributed by atoms with Crippen LogP contribution < -0.4 is 5.32 Å². The number of carboxylic acids is 1. The van der Waals surface area contributed by atoms with Crippen molar-refractivity contribution in [2.45, 2.75) is 31.7 Å². The van der Waals surface area contributed by atoms with E-state index in [9.17, 15) is 4.79 Å². The van der Waals surface area contributed by atoms with Crippen molar-refractivity contribution in [3.63, 3.8) is 0 Å². The van der Waals surface area contributed by atoms with E-state index >= 15 is 0 Å². The highest BCUT2D eigenvalue weighted by atomic mass is 16.5. The van der Waals surface area contributed by atoms with Gasteiger partial charge in [-0.05, 0) is 19.4 Å². The zero-order valence-electron chi connectivity index (χ0n) is 8.66. The lowest BCUT2D eigenvalue weighted by molar-refractivity contribution is -0.141. The molecule has 0 heterocycles. The highest BCUT2D eigenvalue weighted by molar-refractivity contribution is 5.73. The molecule has 82 valence electrons. The molecule has 1 fully saturated rings. The molecule has 1 unspecified atom stereocenters. The van der Waals surface area contributed by atoms with Gasteiger partial charge in [-0.3, -0.25) is 4.79 Å². The van der Waals surface area contributed by atoms with Crippen LogP contribution in [-0.4, -0.2) is 37.4 Å². The third-order valence-electron chi connectivity index (χ3n) is 2.83. The lowest BCUT2D eigenvalue weighted by Gasteiger charge is -2.25. The van der Waals surface area contributed by atoms with E-state index in [1.54, 1.807) is 7.05 Å². The lowest BCUT2D eigenvalue weighted by atomic mass is 9.83. The molecule has 0 amide bonds. The van der Waals surface area contributed by atoms with Crippen molar-refractivity contribution in [1.29, 1.82) is 0 Å². The molecule has 1 rings (SSSR count). The Balaban J connectivity index is 1.98. The summed E-state index contributed by atoms with van der Waals surface area (Å²) in [6, 6.07) is -0.573. The van der Waals surface area contributed by atoms with E-state index in [1.807, 2.05) is 0 Å². The van der Waals surface area contributed by atoms with Crippen molar-refractivity contribution in [3.05, 3.63) is 0 Å². The molecule has 0 bridgehead atoms. The third kappa shape index (κ3) is 3.64. The molecule has 0 aromatic rings. The summed E-state index contributed by atoms with van der Waals surface area (Å²) in [5.41, 5.74) is 0. The highest BCUT2D eigenvalue weighted by Gasteiger charge is 2.18. The molecule has 4 heteroatoms. The lowest BCUT2D eigenvalue weighted by Crippen LogP contribution is -2.38. The largest absolute Gasteiger partial charge is 0.480 e. The topological polar surface area (TPSA) is 58.6 Å². The summed E-state index contributed by atoms with van der Waals surface area (Å²) in [6.07, 6.45) is 5.06. The van der Waals surface area contributed by atoms with E-state index in [4.69, 9.17) is 9.84 Å². The predicted octanol–water partition coefficient (Wildman–Crippen LogP) is 0.866. The molecule has 0 spiro atoms. The van der Waals surface area contributed by atoms with Crippen molar-refractivity contribution in [3.8, 4) is 0 Å². The van der Waals surface area contributed by atoms with Gasteiger partial charge in [0.15, 0.2) is 0 Å². The summed E-state index contributed by atoms with van der Waals surface area (Å²) in [7, 11) is 1.63. The maximum absolute atomic E-state index is 10.6. The van der Waals surface area contributed by atoms with E-state index in [0.29, 0.717) is 6.61 Å². The quantitative estimate of drug-likeness (QED) is 0.600. The number of rotatable bonds is 7. The van der Waals surface area contributed by atoms with Gasteiger partial charge in [-0.2, -0.15) is 0 Å². The number of ether oxygens (including phenoxy) is 1. The normalized spacial score (nSPS) is 18.9. The highest BCUT2D eigenvalue weighted by Crippen LogP contribution is 2.28. The molecule has 1 saturated carbocycles. The Bertz CT molecular complexity index is 180. The zero-order valence-corrected chi connectivity index (χ0v) is 8.66. The fraction of sp³-hybridized carbons (Fsp3) is 0.900. The standard InChI is InChI=1S/C10H19NO3/c1-11-9(10(12)13)7-14-6-5-8-3-2-4-8/h8-9,11H,2-7H2,1H3,(H,12,13). The Morgan fingerprint density at radius 3 is 2.79 bits per heavy atom. The van der Waals surface area contributed by atoms with E-state index in [2.05, 4.69) is 5.32 Å². The van der Waals surface area contributed by atoms with Crippen LogP contribution in [0.15, 0.2) is 0 Å². The smallest absolute Gasteiger partial charge is 0.323 e. The number of nitrogens with one attached hydrogen (secondary N) is 1. The van der Waals surface area contributed by atoms with Gasteiger partial charge in [0.25, 0.3) is 0 Å². The van der Waals surface area contributed by atoms with Crippen molar-refractivity contribution in [2.24, 2.45) is 5.92 Å². The van der Waals surface area contributed by atoms with Crippen LogP contribution in [0.25, 0.3) is 0 Å². The molecule has 0 saturated heterocycles. The summed E-state index contributed by atoms with van der Waals surface area (Å²) in [4.78, 5) is 10.6. The van der Waals surface area contributed by atoms with Gasteiger partial charge in [0.1, 0.15) is 6.04 Å². The Labute approximate surface area is 84.6 Å². The second-order valence-corrected chi connectivity index (χ2v) is 3.84. The van der Waals surface area contributed by atoms with Crippen molar-refractivity contribution in [2.75, 3.05) is 20.3 Å². The molecule has 0 radical (unpaired) electrons. The van der Waals surface area contributed by atoms with Crippen LogP contribution in [0.1, 0.15) is 25.7 Å². The van der Waals surface area contributed by atoms with Crippen LogP contribution in [0.2, 0.25) is 0 Å². The maximum Gasteiger partial charge on any atom is 0.323 e. The molecule has 0 aromatic carbocycles. The van der Waals surface area contributed by atoms with Crippen molar-refractivity contribution < 1.29 is 14.6 Å². The Morgan fingerprint density at radius 2 is 2.36 bits per heavy atom. The summed E-state index contributed by atoms with van der Waals surface area (Å²) in [6.45, 7) is 0.953. The second kappa shape index (κ2) is 5.98. The first-order chi connectivity index (χ1) is 6.74. The van der Waals surface area contributed by atoms with Crippen LogP contribution >= 0.6 is 0 Å². The minimum absolute atomic E-state index is 0.262. The first kappa shape index (κ1) is 11.5. The predicted molar refractivity (Wildman–Crippen MR) is 53.3 cm³/mol. The van der Waals surface area contributed by atoms with Crippen LogP contribution in [0, 0.1) is 5.92 Å². The van der Waals surface area contributed by atoms with Crippen LogP contribution in [0.4, 0.5) is 0 Å². The Hall–Kier alpha value is -0.610. The maximum atomic E-state index is 10.6. The average molecular weight is 201 g/mol. The molecule has 1 aliphatic carbocycles. The van der Waals surface area contributed by atoms with Gasteiger partial charge in [-0.25, -0.2) is 0 Å². The van der Waals surface area contributed by atoms with E-state index < -0.39 is 12.0 Å². The van der Waals surface area contributed by atoms with Gasteiger partial charge in [-0.1, -0.05) is 19.3 Å². The fourth-order valence-electron chi connectivity index (χ4n) is 1.51. The summed E-state index contributed by atoms with van der Waals surface area (Å²) in [5, 5.41) is 11.4. The molecular formula is C10H19NO3. The minimum atomic E-state index is -0.851. The van der Waals surface area contributed by atoms with Crippen LogP contribution in [-0.2, 0) is 9.53 Å². The summed E-state index contributed by atoms with van der Waals surface area (Å²) in [5.74, 6) is -0.0241. The van der Waals surface area contributed by atoms with E-state index in [1.165, 1.54) is 19.3 Å². The van der Waals surface area contributed by atoms with Gasteiger partial charge in [0, 0.05) is 6.61 Å². The number of carboxylic acid groups (broad SMARTS) is 1. The van der Waals surface area contributed by atoms with Gasteiger partial charge < -0.3 is 15.2 Å². The van der Waals surface area contributed by atoms with Crippen molar-refractivity contribution in [1.82, 2.24) is 5.32 Å². The third-order valence-corrected chi connectivity index (χ3v) is 2.83. The molecule has 14 heavy (non-hydrogen) atoms. The summed E-state index contributed by atoms with van der Waals surface area (Å²) >= 11 is 0. The Morgan fingerprint density at radius 1 is 1.64 bits per heavy atom. The molecule has 0 aromatic heterocycles. The number of carbonyl (C=O) groups is 1.